The van der Waals surface area contributed by atoms with E-state index in [0.717, 1.165) is 36.8 Å². The van der Waals surface area contributed by atoms with Crippen LogP contribution in [-0.4, -0.2) is 35.4 Å². The number of hydrogen-bond donors (Lipinski definition) is 1. The Morgan fingerprint density at radius 1 is 0.923 bits per heavy atom. The Morgan fingerprint density at radius 2 is 1.62 bits per heavy atom. The van der Waals surface area contributed by atoms with E-state index in [1.807, 2.05) is 72.8 Å². The highest BCUT2D eigenvalue weighted by atomic mass is 35.5. The van der Waals surface area contributed by atoms with E-state index in [-0.39, 0.29) is 31.0 Å². The quantitative estimate of drug-likeness (QED) is 0.283. The number of carbonyl (C=O) groups is 2. The van der Waals surface area contributed by atoms with Gasteiger partial charge in [-0.25, -0.2) is 0 Å². The van der Waals surface area contributed by atoms with E-state index in [9.17, 15) is 9.59 Å². The molecule has 1 unspecified atom stereocenters. The summed E-state index contributed by atoms with van der Waals surface area (Å²) in [6.45, 7) is 4.37. The van der Waals surface area contributed by atoms with Gasteiger partial charge >= 0.3 is 0 Å². The number of benzene rings is 3. The molecule has 206 valence electrons. The molecule has 1 fully saturated rings. The summed E-state index contributed by atoms with van der Waals surface area (Å²) in [6.07, 6.45) is 5.79. The number of rotatable bonds is 11. The van der Waals surface area contributed by atoms with Crippen LogP contribution in [0, 0.1) is 0 Å². The van der Waals surface area contributed by atoms with E-state index in [4.69, 9.17) is 16.3 Å². The van der Waals surface area contributed by atoms with Crippen molar-refractivity contribution in [1.29, 1.82) is 0 Å². The average Bonchev–Trinajstić information content (AvgIpc) is 2.95. The van der Waals surface area contributed by atoms with Crippen molar-refractivity contribution in [3.05, 3.63) is 101 Å². The van der Waals surface area contributed by atoms with Gasteiger partial charge in [-0.15, -0.1) is 0 Å². The van der Waals surface area contributed by atoms with Crippen molar-refractivity contribution >= 4 is 23.4 Å². The molecule has 5 nitrogen and oxygen atoms in total. The summed E-state index contributed by atoms with van der Waals surface area (Å²) in [5.41, 5.74) is 3.06. The smallest absolute Gasteiger partial charge is 0.261 e. The molecule has 3 aromatic rings. The van der Waals surface area contributed by atoms with Gasteiger partial charge in [-0.2, -0.15) is 0 Å². The number of amides is 2. The van der Waals surface area contributed by atoms with Gasteiger partial charge in [0.2, 0.25) is 5.91 Å². The zero-order chi connectivity index (χ0) is 27.6. The van der Waals surface area contributed by atoms with Crippen LogP contribution in [0.15, 0.2) is 78.9 Å². The molecule has 0 heterocycles. The van der Waals surface area contributed by atoms with Crippen LogP contribution in [0.1, 0.15) is 68.6 Å². The first-order valence-corrected chi connectivity index (χ1v) is 14.4. The zero-order valence-corrected chi connectivity index (χ0v) is 23.7. The van der Waals surface area contributed by atoms with Crippen LogP contribution in [0.4, 0.5) is 0 Å². The van der Waals surface area contributed by atoms with E-state index in [2.05, 4.69) is 19.2 Å². The fourth-order valence-electron chi connectivity index (χ4n) is 5.11. The molecule has 0 bridgehead atoms. The molecule has 0 spiro atoms. The lowest BCUT2D eigenvalue weighted by molar-refractivity contribution is -0.143. The zero-order valence-electron chi connectivity index (χ0n) is 22.9. The summed E-state index contributed by atoms with van der Waals surface area (Å²) in [7, 11) is 0. The summed E-state index contributed by atoms with van der Waals surface area (Å²) >= 11 is 6.28. The van der Waals surface area contributed by atoms with Crippen LogP contribution in [0.2, 0.25) is 5.02 Å². The predicted octanol–water partition coefficient (Wildman–Crippen LogP) is 6.93. The topological polar surface area (TPSA) is 58.6 Å². The molecule has 2 amide bonds. The van der Waals surface area contributed by atoms with Gasteiger partial charge in [0.25, 0.3) is 5.91 Å². The normalized spacial score (nSPS) is 14.6. The van der Waals surface area contributed by atoms with Crippen molar-refractivity contribution in [3.63, 3.8) is 0 Å². The molecule has 0 aromatic heterocycles. The third-order valence-corrected chi connectivity index (χ3v) is 7.61. The number of hydrogen-bond acceptors (Lipinski definition) is 3. The van der Waals surface area contributed by atoms with Crippen LogP contribution in [-0.2, 0) is 22.6 Å². The van der Waals surface area contributed by atoms with Gasteiger partial charge in [0, 0.05) is 24.0 Å². The first-order chi connectivity index (χ1) is 18.9. The molecular formula is C33H39ClN2O3. The molecule has 1 saturated carbocycles. The van der Waals surface area contributed by atoms with Gasteiger partial charge in [-0.05, 0) is 59.7 Å². The lowest BCUT2D eigenvalue weighted by Gasteiger charge is -2.33. The second-order valence-corrected chi connectivity index (χ2v) is 11.1. The molecule has 6 heteroatoms. The Bertz CT molecular complexity index is 1210. The monoisotopic (exact) mass is 546 g/mol. The van der Waals surface area contributed by atoms with E-state index < -0.39 is 6.04 Å². The number of ether oxygens (including phenoxy) is 1. The molecule has 4 rings (SSSR count). The van der Waals surface area contributed by atoms with Crippen LogP contribution >= 0.6 is 11.6 Å². The second kappa shape index (κ2) is 14.2. The lowest BCUT2D eigenvalue weighted by Crippen LogP contribution is -2.53. The molecule has 1 aliphatic rings. The second-order valence-electron chi connectivity index (χ2n) is 10.7. The maximum atomic E-state index is 13.8. The van der Waals surface area contributed by atoms with Gasteiger partial charge in [-0.1, -0.05) is 99.3 Å². The lowest BCUT2D eigenvalue weighted by atomic mass is 9.94. The first-order valence-electron chi connectivity index (χ1n) is 14.0. The number of nitrogens with zero attached hydrogens (tertiary/aromatic N) is 1. The van der Waals surface area contributed by atoms with Crippen LogP contribution in [0.5, 0.6) is 5.75 Å². The van der Waals surface area contributed by atoms with Crippen LogP contribution in [0.3, 0.4) is 0 Å². The van der Waals surface area contributed by atoms with Gasteiger partial charge in [0.15, 0.2) is 6.61 Å². The fourth-order valence-corrected chi connectivity index (χ4v) is 5.32. The molecule has 1 N–H and O–H groups in total. The Hall–Kier alpha value is -3.31. The minimum absolute atomic E-state index is 0.123. The van der Waals surface area contributed by atoms with Crippen molar-refractivity contribution in [2.45, 2.75) is 76.9 Å². The Labute approximate surface area is 237 Å². The van der Waals surface area contributed by atoms with Crippen molar-refractivity contribution in [2.24, 2.45) is 0 Å². The molecule has 39 heavy (non-hydrogen) atoms. The molecular weight excluding hydrogens is 508 g/mol. The van der Waals surface area contributed by atoms with Gasteiger partial charge in [-0.3, -0.25) is 9.59 Å². The SMILES string of the molecule is CC(C)c1ccc(OCC(=O)N(Cc2cccc(Cl)c2)C(Cc2ccccc2)C(=O)NC2CCCCC2)cc1. The highest BCUT2D eigenvalue weighted by Crippen LogP contribution is 2.22. The maximum Gasteiger partial charge on any atom is 0.261 e. The summed E-state index contributed by atoms with van der Waals surface area (Å²) in [5.74, 6) is 0.669. The molecule has 0 radical (unpaired) electrons. The molecule has 0 saturated heterocycles. The third kappa shape index (κ3) is 8.59. The Morgan fingerprint density at radius 3 is 2.28 bits per heavy atom. The van der Waals surface area contributed by atoms with Crippen molar-refractivity contribution in [3.8, 4) is 5.75 Å². The van der Waals surface area contributed by atoms with Crippen LogP contribution in [0.25, 0.3) is 0 Å². The largest absolute Gasteiger partial charge is 0.484 e. The molecule has 1 aliphatic carbocycles. The minimum Gasteiger partial charge on any atom is -0.484 e. The minimum atomic E-state index is -0.687. The molecule has 3 aromatic carbocycles. The Balaban J connectivity index is 1.59. The summed E-state index contributed by atoms with van der Waals surface area (Å²) < 4.78 is 5.93. The summed E-state index contributed by atoms with van der Waals surface area (Å²) in [6, 6.07) is 24.6. The third-order valence-electron chi connectivity index (χ3n) is 7.37. The highest BCUT2D eigenvalue weighted by Gasteiger charge is 2.32. The maximum absolute atomic E-state index is 13.8. The summed E-state index contributed by atoms with van der Waals surface area (Å²) in [5, 5.41) is 3.85. The summed E-state index contributed by atoms with van der Waals surface area (Å²) in [4.78, 5) is 29.3. The predicted molar refractivity (Wildman–Crippen MR) is 157 cm³/mol. The standard InChI is InChI=1S/C33H39ClN2O3/c1-24(2)27-16-18-30(19-17-27)39-23-32(37)36(22-26-12-9-13-28(34)20-26)31(21-25-10-5-3-6-11-25)33(38)35-29-14-7-4-8-15-29/h3,5-6,9-13,16-20,24,29,31H,4,7-8,14-15,21-23H2,1-2H3,(H,35,38). The number of nitrogens with one attached hydrogen (secondary N) is 1. The average molecular weight is 547 g/mol. The molecule has 1 atom stereocenters. The van der Waals surface area contributed by atoms with E-state index >= 15 is 0 Å². The highest BCUT2D eigenvalue weighted by molar-refractivity contribution is 6.30. The number of carbonyl (C=O) groups excluding carboxylic acids is 2. The van der Waals surface area contributed by atoms with E-state index in [1.54, 1.807) is 11.0 Å². The van der Waals surface area contributed by atoms with Gasteiger partial charge in [0.1, 0.15) is 11.8 Å². The van der Waals surface area contributed by atoms with Crippen LogP contribution < -0.4 is 10.1 Å². The van der Waals surface area contributed by atoms with Crippen molar-refractivity contribution < 1.29 is 14.3 Å². The van der Waals surface area contributed by atoms with Crippen molar-refractivity contribution in [1.82, 2.24) is 10.2 Å². The van der Waals surface area contributed by atoms with Crippen molar-refractivity contribution in [2.75, 3.05) is 6.61 Å². The first kappa shape index (κ1) is 28.7. The Kier molecular flexibility index (Phi) is 10.4. The van der Waals surface area contributed by atoms with Gasteiger partial charge < -0.3 is 15.0 Å². The van der Waals surface area contributed by atoms with E-state index in [1.165, 1.54) is 12.0 Å². The number of halogens is 1. The van der Waals surface area contributed by atoms with Gasteiger partial charge in [0.05, 0.1) is 0 Å². The fraction of sp³-hybridized carbons (Fsp3) is 0.394. The molecule has 0 aliphatic heterocycles. The van der Waals surface area contributed by atoms with E-state index in [0.29, 0.717) is 23.1 Å².